The molecule has 0 aliphatic carbocycles. The van der Waals surface area contributed by atoms with Crippen LogP contribution in [0.25, 0.3) is 0 Å². The molecule has 0 unspecified atom stereocenters. The third-order valence-electron chi connectivity index (χ3n) is 3.70. The molecule has 0 radical (unpaired) electrons. The summed E-state index contributed by atoms with van der Waals surface area (Å²) in [6, 6.07) is 10.1. The lowest BCUT2D eigenvalue weighted by Gasteiger charge is -2.03. The predicted octanol–water partition coefficient (Wildman–Crippen LogP) is 6.36. The van der Waals surface area contributed by atoms with Gasteiger partial charge in [0.1, 0.15) is 0 Å². The number of carbonyl (C=O) groups excluding carboxylic acids is 2. The molecule has 4 nitrogen and oxygen atoms in total. The van der Waals surface area contributed by atoms with E-state index in [-0.39, 0.29) is 12.4 Å². The van der Waals surface area contributed by atoms with E-state index >= 15 is 0 Å². The molecule has 1 aromatic carbocycles. The zero-order chi connectivity index (χ0) is 20.5. The average Bonchev–Trinajstić information content (AvgIpc) is 3.20. The Balaban J connectivity index is 0.00000184. The number of nitrogens with zero attached hydrogens (tertiary/aromatic N) is 1. The topological polar surface area (TPSA) is 59.1 Å². The van der Waals surface area contributed by atoms with Crippen molar-refractivity contribution in [2.24, 2.45) is 0 Å². The first kappa shape index (κ1) is 24.1. The summed E-state index contributed by atoms with van der Waals surface area (Å²) in [5, 5.41) is 5.56. The van der Waals surface area contributed by atoms with Gasteiger partial charge in [-0.15, -0.1) is 17.9 Å². The Morgan fingerprint density at radius 2 is 1.89 bits per heavy atom. The van der Waals surface area contributed by atoms with Crippen LogP contribution in [0.4, 0.5) is 5.13 Å². The first-order chi connectivity index (χ1) is 13.7. The van der Waals surface area contributed by atoms with Gasteiger partial charge >= 0.3 is 0 Å². The summed E-state index contributed by atoms with van der Waals surface area (Å²) in [6.45, 7) is 5.25. The Morgan fingerprint density at radius 3 is 2.57 bits per heavy atom. The fourth-order valence-corrected chi connectivity index (χ4v) is 3.72. The molecular weight excluding hydrogens is 388 g/mol. The van der Waals surface area contributed by atoms with Gasteiger partial charge in [0.25, 0.3) is 0 Å². The van der Waals surface area contributed by atoms with Crippen LogP contribution in [0, 0.1) is 0 Å². The second-order valence-electron chi connectivity index (χ2n) is 6.16. The first-order valence-electron chi connectivity index (χ1n) is 9.61. The number of nitrogens with one attached hydrogen (secondary N) is 1. The highest BCUT2D eigenvalue weighted by molar-refractivity contribution is 8.13. The zero-order valence-corrected chi connectivity index (χ0v) is 18.2. The highest BCUT2D eigenvalue weighted by Gasteiger charge is 2.05. The average molecular weight is 421 g/mol. The Bertz CT molecular complexity index is 679. The van der Waals surface area contributed by atoms with Gasteiger partial charge in [0.15, 0.2) is 10.2 Å². The number of thiazole rings is 1. The third kappa shape index (κ3) is 12.5. The molecule has 154 valence electrons. The van der Waals surface area contributed by atoms with E-state index in [0.717, 1.165) is 37.9 Å². The van der Waals surface area contributed by atoms with E-state index < -0.39 is 0 Å². The molecule has 1 N–H and O–H groups in total. The van der Waals surface area contributed by atoms with Crippen molar-refractivity contribution in [1.82, 2.24) is 4.98 Å². The first-order valence-corrected chi connectivity index (χ1v) is 11.5. The molecule has 1 heterocycles. The normalized spacial score (nSPS) is 9.89. The van der Waals surface area contributed by atoms with E-state index in [9.17, 15) is 9.59 Å². The van der Waals surface area contributed by atoms with Gasteiger partial charge in [0.2, 0.25) is 5.91 Å². The van der Waals surface area contributed by atoms with E-state index in [0.29, 0.717) is 18.0 Å². The molecule has 0 spiro atoms. The number of hydrogen-bond donors (Lipinski definition) is 1. The maximum Gasteiger partial charge on any atom is 0.226 e. The molecule has 6 heteroatoms. The number of aromatic nitrogens is 1. The van der Waals surface area contributed by atoms with Crippen molar-refractivity contribution < 1.29 is 11.0 Å². The molecular formula is C22H32N2O2S2. The number of amides is 1. The van der Waals surface area contributed by atoms with Gasteiger partial charge < -0.3 is 5.32 Å². The van der Waals surface area contributed by atoms with Gasteiger partial charge in [-0.1, -0.05) is 61.0 Å². The zero-order valence-electron chi connectivity index (χ0n) is 16.6. The molecule has 2 aromatic rings. The monoisotopic (exact) mass is 420 g/mol. The van der Waals surface area contributed by atoms with Crippen molar-refractivity contribution in [3.8, 4) is 0 Å². The Hall–Kier alpha value is -1.92. The van der Waals surface area contributed by atoms with E-state index in [4.69, 9.17) is 0 Å². The Morgan fingerprint density at radius 1 is 1.18 bits per heavy atom. The molecule has 0 aliphatic heterocycles. The van der Waals surface area contributed by atoms with Gasteiger partial charge in [0.05, 0.1) is 0 Å². The number of rotatable bonds is 11. The number of hydrogen-bond acceptors (Lipinski definition) is 5. The van der Waals surface area contributed by atoms with E-state index in [1.54, 1.807) is 12.3 Å². The summed E-state index contributed by atoms with van der Waals surface area (Å²) in [5.41, 5.74) is 1.22. The molecule has 0 saturated carbocycles. The van der Waals surface area contributed by atoms with Crippen molar-refractivity contribution in [3.63, 3.8) is 0 Å². The van der Waals surface area contributed by atoms with Crippen LogP contribution >= 0.6 is 23.1 Å². The van der Waals surface area contributed by atoms with Crippen LogP contribution in [0.5, 0.6) is 0 Å². The number of unbranched alkanes of at least 4 members (excludes halogenated alkanes) is 3. The number of benzene rings is 1. The fraction of sp³-hybridized carbons (Fsp3) is 0.409. The number of allylic oxidation sites excluding steroid dienone is 1. The largest absolute Gasteiger partial charge is 0.302 e. The minimum Gasteiger partial charge on any atom is -0.302 e. The lowest BCUT2D eigenvalue weighted by molar-refractivity contribution is -0.116. The molecule has 28 heavy (non-hydrogen) atoms. The van der Waals surface area contributed by atoms with Crippen molar-refractivity contribution in [2.75, 3.05) is 11.1 Å². The second kappa shape index (κ2) is 16.1. The number of thioether (sulfide) groups is 1. The van der Waals surface area contributed by atoms with Crippen molar-refractivity contribution in [2.45, 2.75) is 51.9 Å². The van der Waals surface area contributed by atoms with Crippen molar-refractivity contribution in [1.29, 1.82) is 0 Å². The van der Waals surface area contributed by atoms with Crippen LogP contribution in [0.3, 0.4) is 0 Å². The van der Waals surface area contributed by atoms with Gasteiger partial charge in [0, 0.05) is 31.6 Å². The summed E-state index contributed by atoms with van der Waals surface area (Å²) >= 11 is 2.87. The highest BCUT2D eigenvalue weighted by atomic mass is 32.2. The summed E-state index contributed by atoms with van der Waals surface area (Å²) in [6.07, 6.45) is 9.36. The molecule has 0 atom stereocenters. The smallest absolute Gasteiger partial charge is 0.226 e. The molecule has 1 amide bonds. The number of carbonyl (C=O) groups is 2. The van der Waals surface area contributed by atoms with Crippen molar-refractivity contribution >= 4 is 39.3 Å². The van der Waals surface area contributed by atoms with Gasteiger partial charge in [-0.25, -0.2) is 4.98 Å². The molecule has 0 fully saturated rings. The van der Waals surface area contributed by atoms with Crippen LogP contribution in [0.2, 0.25) is 0 Å². The van der Waals surface area contributed by atoms with Crippen LogP contribution < -0.4 is 5.32 Å². The minimum absolute atomic E-state index is 0. The van der Waals surface area contributed by atoms with Crippen LogP contribution in [-0.2, 0) is 16.0 Å². The van der Waals surface area contributed by atoms with Crippen molar-refractivity contribution in [3.05, 3.63) is 60.1 Å². The Kier molecular flexibility index (Phi) is 13.8. The maximum absolute atomic E-state index is 11.9. The number of anilines is 1. The van der Waals surface area contributed by atoms with Gasteiger partial charge in [-0.3, -0.25) is 9.59 Å². The molecule has 1 aromatic heterocycles. The van der Waals surface area contributed by atoms with E-state index in [1.807, 2.05) is 30.5 Å². The quantitative estimate of drug-likeness (QED) is 0.339. The SMILES string of the molecule is C=CC.O=C(CCCCCCSC(=O)CCc1ccccc1)Nc1nccs1.[HH]. The molecule has 2 rings (SSSR count). The summed E-state index contributed by atoms with van der Waals surface area (Å²) < 4.78 is 0. The summed E-state index contributed by atoms with van der Waals surface area (Å²) in [5.74, 6) is 0.902. The van der Waals surface area contributed by atoms with Gasteiger partial charge in [-0.2, -0.15) is 0 Å². The number of aryl methyl sites for hydroxylation is 1. The molecule has 0 bridgehead atoms. The molecule has 0 aliphatic rings. The second-order valence-corrected chi connectivity index (χ2v) is 8.21. The van der Waals surface area contributed by atoms with E-state index in [2.05, 4.69) is 29.0 Å². The van der Waals surface area contributed by atoms with Gasteiger partial charge in [-0.05, 0) is 31.7 Å². The fourth-order valence-electron chi connectivity index (χ4n) is 2.36. The van der Waals surface area contributed by atoms with Crippen LogP contribution in [0.1, 0.15) is 52.4 Å². The molecule has 0 saturated heterocycles. The lowest BCUT2D eigenvalue weighted by atomic mass is 10.1. The summed E-state index contributed by atoms with van der Waals surface area (Å²) in [4.78, 5) is 27.6. The predicted molar refractivity (Wildman–Crippen MR) is 124 cm³/mol. The maximum atomic E-state index is 11.9. The highest BCUT2D eigenvalue weighted by Crippen LogP contribution is 2.14. The van der Waals surface area contributed by atoms with E-state index in [1.165, 1.54) is 28.7 Å². The summed E-state index contributed by atoms with van der Waals surface area (Å²) in [7, 11) is 0. The third-order valence-corrected chi connectivity index (χ3v) is 5.41. The standard InChI is InChI=1S/C19H24N2O2S2.C3H6.H2/c22-17(21-19-20-13-15-25-19)10-6-1-2-7-14-24-18(23)12-11-16-8-4-3-5-9-16;1-3-2;/h3-5,8-9,13,15H,1-2,6-7,10-12,14H2,(H,20,21,22);3H,1H2,2H3;1H. The van der Waals surface area contributed by atoms with Crippen LogP contribution in [-0.4, -0.2) is 21.8 Å². The van der Waals surface area contributed by atoms with Crippen LogP contribution in [0.15, 0.2) is 54.6 Å². The lowest BCUT2D eigenvalue weighted by Crippen LogP contribution is -2.10. The Labute approximate surface area is 178 Å². The minimum atomic E-state index is 0.